The first-order chi connectivity index (χ1) is 14.4. The number of nitrogens with one attached hydrogen (secondary N) is 3. The number of ether oxygens (including phenoxy) is 2. The molecule has 2 atom stereocenters. The van der Waals surface area contributed by atoms with Crippen molar-refractivity contribution in [1.29, 1.82) is 0 Å². The number of urea groups is 1. The molecule has 1 saturated heterocycles. The molecule has 1 aliphatic rings. The molecule has 10 heteroatoms. The lowest BCUT2D eigenvalue weighted by Crippen LogP contribution is -2.53. The lowest BCUT2D eigenvalue weighted by atomic mass is 10.2. The molecule has 0 bridgehead atoms. The lowest BCUT2D eigenvalue weighted by Gasteiger charge is -2.25. The van der Waals surface area contributed by atoms with Gasteiger partial charge in [0.25, 0.3) is 5.91 Å². The van der Waals surface area contributed by atoms with Crippen molar-refractivity contribution in [2.24, 2.45) is 0 Å². The number of amides is 3. The number of anilines is 1. The Morgan fingerprint density at radius 2 is 1.77 bits per heavy atom. The van der Waals surface area contributed by atoms with Gasteiger partial charge >= 0.3 is 18.0 Å². The van der Waals surface area contributed by atoms with Crippen LogP contribution < -0.4 is 16.2 Å². The highest BCUT2D eigenvalue weighted by Gasteiger charge is 2.35. The molecule has 1 aromatic rings. The minimum Gasteiger partial charge on any atom is -0.464 e. The van der Waals surface area contributed by atoms with Gasteiger partial charge in [-0.15, -0.1) is 0 Å². The summed E-state index contributed by atoms with van der Waals surface area (Å²) in [6.45, 7) is 5.87. The maximum absolute atomic E-state index is 12.6. The molecular weight excluding hydrogens is 392 g/mol. The van der Waals surface area contributed by atoms with Gasteiger partial charge in [0, 0.05) is 6.54 Å². The van der Waals surface area contributed by atoms with Gasteiger partial charge in [0.15, 0.2) is 0 Å². The zero-order valence-corrected chi connectivity index (χ0v) is 17.4. The van der Waals surface area contributed by atoms with Crippen molar-refractivity contribution in [3.05, 3.63) is 29.8 Å². The number of carbonyl (C=O) groups excluding carboxylic acids is 4. The fourth-order valence-electron chi connectivity index (χ4n) is 3.00. The van der Waals surface area contributed by atoms with E-state index in [-0.39, 0.29) is 12.5 Å². The topological polar surface area (TPSA) is 126 Å². The van der Waals surface area contributed by atoms with E-state index < -0.39 is 30.1 Å². The number of hydrogen-bond donors (Lipinski definition) is 3. The predicted molar refractivity (Wildman–Crippen MR) is 109 cm³/mol. The summed E-state index contributed by atoms with van der Waals surface area (Å²) in [5.74, 6) is -1.32. The van der Waals surface area contributed by atoms with Crippen molar-refractivity contribution in [2.45, 2.75) is 45.7 Å². The first kappa shape index (κ1) is 23.0. The predicted octanol–water partition coefficient (Wildman–Crippen LogP) is 1.43. The highest BCUT2D eigenvalue weighted by Crippen LogP contribution is 2.18. The van der Waals surface area contributed by atoms with Crippen molar-refractivity contribution in [3.8, 4) is 0 Å². The molecule has 0 saturated carbocycles. The molecule has 0 aliphatic carbocycles. The average molecular weight is 420 g/mol. The van der Waals surface area contributed by atoms with Crippen LogP contribution in [0.4, 0.5) is 10.5 Å². The van der Waals surface area contributed by atoms with Crippen molar-refractivity contribution in [2.75, 3.05) is 25.2 Å². The van der Waals surface area contributed by atoms with E-state index in [2.05, 4.69) is 16.2 Å². The van der Waals surface area contributed by atoms with E-state index in [1.54, 1.807) is 38.1 Å². The Morgan fingerprint density at radius 1 is 1.10 bits per heavy atom. The van der Waals surface area contributed by atoms with Crippen LogP contribution in [-0.4, -0.2) is 60.6 Å². The van der Waals surface area contributed by atoms with Crippen molar-refractivity contribution in [1.82, 2.24) is 15.6 Å². The number of benzene rings is 1. The van der Waals surface area contributed by atoms with Crippen LogP contribution in [0.1, 0.15) is 44.0 Å². The van der Waals surface area contributed by atoms with Crippen LogP contribution in [0.25, 0.3) is 0 Å². The van der Waals surface area contributed by atoms with Crippen LogP contribution in [0, 0.1) is 0 Å². The molecule has 2 unspecified atom stereocenters. The maximum atomic E-state index is 12.6. The monoisotopic (exact) mass is 420 g/mol. The van der Waals surface area contributed by atoms with E-state index in [1.807, 2.05) is 0 Å². The first-order valence-corrected chi connectivity index (χ1v) is 9.94. The molecule has 30 heavy (non-hydrogen) atoms. The van der Waals surface area contributed by atoms with Crippen LogP contribution in [0.2, 0.25) is 0 Å². The number of likely N-dealkylation sites (tertiary alicyclic amines) is 1. The number of esters is 2. The lowest BCUT2D eigenvalue weighted by molar-refractivity contribution is -0.144. The summed E-state index contributed by atoms with van der Waals surface area (Å²) < 4.78 is 9.80. The summed E-state index contributed by atoms with van der Waals surface area (Å²) in [7, 11) is 0. The minimum absolute atomic E-state index is 0.222. The number of hydrazine groups is 1. The third-order valence-electron chi connectivity index (χ3n) is 4.52. The van der Waals surface area contributed by atoms with Gasteiger partial charge in [-0.1, -0.05) is 0 Å². The summed E-state index contributed by atoms with van der Waals surface area (Å²) in [5, 5.41) is 2.56. The first-order valence-electron chi connectivity index (χ1n) is 9.94. The Morgan fingerprint density at radius 3 is 2.40 bits per heavy atom. The Bertz CT molecular complexity index is 767. The van der Waals surface area contributed by atoms with Gasteiger partial charge < -0.3 is 19.7 Å². The third kappa shape index (κ3) is 6.10. The van der Waals surface area contributed by atoms with Gasteiger partial charge in [0.1, 0.15) is 12.1 Å². The molecule has 1 fully saturated rings. The van der Waals surface area contributed by atoms with Gasteiger partial charge in [-0.05, 0) is 57.9 Å². The number of hydrogen-bond acceptors (Lipinski definition) is 7. The fraction of sp³-hybridized carbons (Fsp3) is 0.500. The second kappa shape index (κ2) is 11.0. The largest absolute Gasteiger partial charge is 0.464 e. The van der Waals surface area contributed by atoms with Gasteiger partial charge in [-0.25, -0.2) is 14.4 Å². The van der Waals surface area contributed by atoms with Crippen LogP contribution in [-0.2, 0) is 19.1 Å². The Labute approximate surface area is 175 Å². The van der Waals surface area contributed by atoms with Crippen LogP contribution >= 0.6 is 0 Å². The molecule has 0 spiro atoms. The summed E-state index contributed by atoms with van der Waals surface area (Å²) in [5.41, 5.74) is 6.32. The molecule has 1 aliphatic heterocycles. The van der Waals surface area contributed by atoms with Crippen molar-refractivity contribution < 1.29 is 28.7 Å². The van der Waals surface area contributed by atoms with E-state index in [9.17, 15) is 19.2 Å². The fourth-order valence-corrected chi connectivity index (χ4v) is 3.00. The molecule has 2 rings (SSSR count). The summed E-state index contributed by atoms with van der Waals surface area (Å²) in [4.78, 5) is 49.8. The van der Waals surface area contributed by atoms with Gasteiger partial charge in [-0.2, -0.15) is 0 Å². The van der Waals surface area contributed by atoms with Crippen LogP contribution in [0.3, 0.4) is 0 Å². The average Bonchev–Trinajstić information content (AvgIpc) is 3.23. The Balaban J connectivity index is 1.89. The smallest absolute Gasteiger partial charge is 0.338 e. The maximum Gasteiger partial charge on any atom is 0.338 e. The number of nitrogens with zero attached hydrogens (tertiary/aromatic N) is 1. The number of carbonyl (C=O) groups is 4. The van der Waals surface area contributed by atoms with E-state index in [1.165, 1.54) is 11.8 Å². The van der Waals surface area contributed by atoms with Crippen molar-refractivity contribution >= 4 is 29.6 Å². The molecule has 3 amide bonds. The molecule has 1 aromatic carbocycles. The van der Waals surface area contributed by atoms with E-state index >= 15 is 0 Å². The zero-order valence-electron chi connectivity index (χ0n) is 17.4. The normalized spacial score (nSPS) is 16.4. The van der Waals surface area contributed by atoms with Gasteiger partial charge in [-0.3, -0.25) is 15.6 Å². The SMILES string of the molecule is CCOC(=O)c1ccc(NNC(=O)C2CCCN2C(=O)NC(C)C(=O)OCC)cc1. The second-order valence-corrected chi connectivity index (χ2v) is 6.69. The Hall–Kier alpha value is -3.30. The molecule has 0 radical (unpaired) electrons. The van der Waals surface area contributed by atoms with Gasteiger partial charge in [0.2, 0.25) is 0 Å². The molecule has 1 heterocycles. The molecule has 10 nitrogen and oxygen atoms in total. The highest BCUT2D eigenvalue weighted by molar-refractivity contribution is 5.91. The summed E-state index contributed by atoms with van der Waals surface area (Å²) >= 11 is 0. The molecule has 3 N–H and O–H groups in total. The zero-order chi connectivity index (χ0) is 22.1. The van der Waals surface area contributed by atoms with E-state index in [0.29, 0.717) is 37.2 Å². The quantitative estimate of drug-likeness (QED) is 0.429. The molecule has 0 aromatic heterocycles. The second-order valence-electron chi connectivity index (χ2n) is 6.69. The van der Waals surface area contributed by atoms with Gasteiger partial charge in [0.05, 0.1) is 24.5 Å². The summed E-state index contributed by atoms with van der Waals surface area (Å²) in [6.07, 6.45) is 1.18. The standard InChI is InChI=1S/C20H28N4O6/c1-4-29-18(26)13(3)21-20(28)24-12-6-7-16(24)17(25)23-22-15-10-8-14(9-11-15)19(27)30-5-2/h8-11,13,16,22H,4-7,12H2,1-3H3,(H,21,28)(H,23,25). The molecular formula is C20H28N4O6. The van der Waals surface area contributed by atoms with Crippen LogP contribution in [0.5, 0.6) is 0 Å². The van der Waals surface area contributed by atoms with Crippen molar-refractivity contribution in [3.63, 3.8) is 0 Å². The van der Waals surface area contributed by atoms with E-state index in [4.69, 9.17) is 9.47 Å². The molecule has 164 valence electrons. The van der Waals surface area contributed by atoms with E-state index in [0.717, 1.165) is 0 Å². The number of rotatable bonds is 8. The third-order valence-corrected chi connectivity index (χ3v) is 4.52. The van der Waals surface area contributed by atoms with Crippen LogP contribution in [0.15, 0.2) is 24.3 Å². The Kier molecular flexibility index (Phi) is 8.45. The summed E-state index contributed by atoms with van der Waals surface area (Å²) in [6, 6.07) is 4.46. The highest BCUT2D eigenvalue weighted by atomic mass is 16.5. The minimum atomic E-state index is -0.808.